The molecule has 1 aromatic rings. The van der Waals surface area contributed by atoms with Crippen molar-refractivity contribution in [2.24, 2.45) is 0 Å². The van der Waals surface area contributed by atoms with Gasteiger partial charge in [0.1, 0.15) is 18.1 Å². The van der Waals surface area contributed by atoms with Crippen molar-refractivity contribution in [3.63, 3.8) is 0 Å². The maximum absolute atomic E-state index is 13.4. The van der Waals surface area contributed by atoms with E-state index in [1.165, 1.54) is 0 Å². The van der Waals surface area contributed by atoms with Crippen LogP contribution >= 0.6 is 0 Å². The second kappa shape index (κ2) is 8.89. The number of ether oxygens (including phenoxy) is 1. The van der Waals surface area contributed by atoms with Crippen LogP contribution in [0.5, 0.6) is 0 Å². The zero-order valence-electron chi connectivity index (χ0n) is 16.9. The van der Waals surface area contributed by atoms with E-state index < -0.39 is 36.3 Å². The molecular weight excluding hydrogens is 402 g/mol. The first-order chi connectivity index (χ1) is 14.9. The fourth-order valence-corrected chi connectivity index (χ4v) is 4.37. The highest BCUT2D eigenvalue weighted by atomic mass is 16.6. The third-order valence-corrected chi connectivity index (χ3v) is 5.96. The molecule has 3 heterocycles. The molecule has 3 aliphatic heterocycles. The van der Waals surface area contributed by atoms with Gasteiger partial charge in [-0.2, -0.15) is 0 Å². The third-order valence-electron chi connectivity index (χ3n) is 5.96. The van der Waals surface area contributed by atoms with E-state index in [1.54, 1.807) is 35.2 Å². The van der Waals surface area contributed by atoms with E-state index in [2.05, 4.69) is 15.4 Å². The number of benzene rings is 1. The van der Waals surface area contributed by atoms with Crippen molar-refractivity contribution in [3.8, 4) is 0 Å². The van der Waals surface area contributed by atoms with Crippen molar-refractivity contribution in [1.29, 1.82) is 0 Å². The molecule has 0 spiro atoms. The minimum atomic E-state index is -1.39. The Bertz CT molecular complexity index is 902. The minimum Gasteiger partial charge on any atom is -0.434 e. The summed E-state index contributed by atoms with van der Waals surface area (Å²) in [6.45, 7) is 0. The number of fused-ring (bicyclic) bond motifs is 1. The predicted molar refractivity (Wildman–Crippen MR) is 108 cm³/mol. The second-order valence-electron chi connectivity index (χ2n) is 8.03. The first kappa shape index (κ1) is 21.0. The van der Waals surface area contributed by atoms with Gasteiger partial charge in [-0.05, 0) is 37.8 Å². The first-order valence-electron chi connectivity index (χ1n) is 10.4. The Kier molecular flexibility index (Phi) is 6.03. The Hall–Kier alpha value is -3.20. The molecule has 3 amide bonds. The maximum Gasteiger partial charge on any atom is 0.310 e. The quantitative estimate of drug-likeness (QED) is 0.467. The first-order valence-corrected chi connectivity index (χ1v) is 10.4. The third kappa shape index (κ3) is 4.46. The number of esters is 1. The predicted octanol–water partition coefficient (Wildman–Crippen LogP) is 0.245. The molecule has 5 atom stereocenters. The summed E-state index contributed by atoms with van der Waals surface area (Å²) in [6.07, 6.45) is 4.42. The molecule has 9 nitrogen and oxygen atoms in total. The number of carbonyl (C=O) groups is 4. The van der Waals surface area contributed by atoms with Crippen LogP contribution in [0.2, 0.25) is 0 Å². The van der Waals surface area contributed by atoms with Crippen LogP contribution in [0, 0.1) is 0 Å². The Labute approximate surface area is 179 Å². The van der Waals surface area contributed by atoms with Crippen LogP contribution in [-0.4, -0.2) is 64.2 Å². The van der Waals surface area contributed by atoms with Crippen molar-refractivity contribution >= 4 is 23.7 Å². The summed E-state index contributed by atoms with van der Waals surface area (Å²) in [5.41, 5.74) is 0.452. The van der Waals surface area contributed by atoms with Crippen LogP contribution < -0.4 is 10.6 Å². The van der Waals surface area contributed by atoms with Gasteiger partial charge in [0, 0.05) is 11.6 Å². The minimum absolute atomic E-state index is 0.116. The van der Waals surface area contributed by atoms with Gasteiger partial charge in [0.2, 0.25) is 18.1 Å². The molecule has 2 saturated heterocycles. The van der Waals surface area contributed by atoms with Gasteiger partial charge in [-0.15, -0.1) is 0 Å². The van der Waals surface area contributed by atoms with E-state index in [0.717, 1.165) is 0 Å². The number of carbonyl (C=O) groups excluding carboxylic acids is 4. The Balaban J connectivity index is 1.49. The number of cyclic esters (lactones) is 1. The van der Waals surface area contributed by atoms with Crippen molar-refractivity contribution < 1.29 is 29.0 Å². The molecule has 1 unspecified atom stereocenters. The standard InChI is InChI=1S/C22H25N3O6/c26-18-12-16(22(30)31-18)24-20(28)17-11-10-14-8-4-5-9-15(21(29)25(14)17)23-19(27)13-6-2-1-3-7-13/h1-7,14-17,22,30H,8-12H2,(H,23,27)(H,24,28)/b5-4-/t14-,15-,16-,17-,22?/m0/s1. The molecule has 9 heteroatoms. The molecule has 0 aromatic heterocycles. The van der Waals surface area contributed by atoms with Crippen molar-refractivity contribution in [3.05, 3.63) is 48.0 Å². The van der Waals surface area contributed by atoms with Gasteiger partial charge in [0.25, 0.3) is 5.91 Å². The highest BCUT2D eigenvalue weighted by Crippen LogP contribution is 2.30. The Morgan fingerprint density at radius 2 is 1.77 bits per heavy atom. The molecule has 3 aliphatic rings. The average Bonchev–Trinajstić information content (AvgIpc) is 3.31. The van der Waals surface area contributed by atoms with Crippen molar-refractivity contribution in [1.82, 2.24) is 15.5 Å². The Morgan fingerprint density at radius 1 is 1.03 bits per heavy atom. The van der Waals surface area contributed by atoms with E-state index in [4.69, 9.17) is 0 Å². The fraction of sp³-hybridized carbons (Fsp3) is 0.455. The highest BCUT2D eigenvalue weighted by Gasteiger charge is 2.45. The SMILES string of the molecule is O=C1C[C@H](NC(=O)[C@@H]2CC[C@@H]3C/C=C\C[C@H](NC(=O)c4ccccc4)C(=O)N32)C(O)O1. The second-order valence-corrected chi connectivity index (χ2v) is 8.03. The number of rotatable bonds is 4. The van der Waals surface area contributed by atoms with Gasteiger partial charge in [0.15, 0.2) is 0 Å². The summed E-state index contributed by atoms with van der Waals surface area (Å²) in [7, 11) is 0. The molecule has 0 aliphatic carbocycles. The lowest BCUT2D eigenvalue weighted by Crippen LogP contribution is -2.57. The monoisotopic (exact) mass is 427 g/mol. The van der Waals surface area contributed by atoms with E-state index in [0.29, 0.717) is 31.2 Å². The van der Waals surface area contributed by atoms with Gasteiger partial charge in [-0.25, -0.2) is 0 Å². The zero-order chi connectivity index (χ0) is 22.0. The molecule has 0 bridgehead atoms. The number of amides is 3. The molecule has 31 heavy (non-hydrogen) atoms. The number of aliphatic hydroxyl groups excluding tert-OH is 1. The van der Waals surface area contributed by atoms with Crippen LogP contribution in [-0.2, 0) is 19.1 Å². The summed E-state index contributed by atoms with van der Waals surface area (Å²) in [4.78, 5) is 51.8. The lowest BCUT2D eigenvalue weighted by molar-refractivity contribution is -0.155. The van der Waals surface area contributed by atoms with E-state index in [1.807, 2.05) is 12.2 Å². The van der Waals surface area contributed by atoms with Gasteiger partial charge in [-0.1, -0.05) is 30.4 Å². The number of hydrogen-bond acceptors (Lipinski definition) is 6. The van der Waals surface area contributed by atoms with Crippen molar-refractivity contribution in [2.45, 2.75) is 62.6 Å². The maximum atomic E-state index is 13.4. The van der Waals surface area contributed by atoms with E-state index >= 15 is 0 Å². The van der Waals surface area contributed by atoms with Gasteiger partial charge < -0.3 is 25.4 Å². The van der Waals surface area contributed by atoms with E-state index in [-0.39, 0.29) is 24.3 Å². The number of nitrogens with zero attached hydrogens (tertiary/aromatic N) is 1. The fourth-order valence-electron chi connectivity index (χ4n) is 4.37. The Morgan fingerprint density at radius 3 is 2.48 bits per heavy atom. The number of nitrogens with one attached hydrogen (secondary N) is 2. The van der Waals surface area contributed by atoms with Crippen LogP contribution in [0.1, 0.15) is 42.5 Å². The molecule has 3 N–H and O–H groups in total. The smallest absolute Gasteiger partial charge is 0.310 e. The normalized spacial score (nSPS) is 31.3. The van der Waals surface area contributed by atoms with Gasteiger partial charge in [-0.3, -0.25) is 19.2 Å². The van der Waals surface area contributed by atoms with Crippen LogP contribution in [0.25, 0.3) is 0 Å². The summed E-state index contributed by atoms with van der Waals surface area (Å²) < 4.78 is 4.67. The van der Waals surface area contributed by atoms with Crippen molar-refractivity contribution in [2.75, 3.05) is 0 Å². The lowest BCUT2D eigenvalue weighted by atomic mass is 10.0. The summed E-state index contributed by atoms with van der Waals surface area (Å²) in [5, 5.41) is 15.2. The molecule has 0 saturated carbocycles. The summed E-state index contributed by atoms with van der Waals surface area (Å²) in [6, 6.07) is 6.13. The zero-order valence-corrected chi connectivity index (χ0v) is 16.9. The van der Waals surface area contributed by atoms with E-state index in [9.17, 15) is 24.3 Å². The molecule has 2 fully saturated rings. The molecule has 4 rings (SSSR count). The number of hydrogen-bond donors (Lipinski definition) is 3. The van der Waals surface area contributed by atoms with Crippen LogP contribution in [0.15, 0.2) is 42.5 Å². The molecule has 0 radical (unpaired) electrons. The van der Waals surface area contributed by atoms with Crippen LogP contribution in [0.4, 0.5) is 0 Å². The largest absolute Gasteiger partial charge is 0.434 e. The highest BCUT2D eigenvalue weighted by molar-refractivity contribution is 5.98. The summed E-state index contributed by atoms with van der Waals surface area (Å²) >= 11 is 0. The number of aliphatic hydroxyl groups is 1. The molecule has 164 valence electrons. The van der Waals surface area contributed by atoms with Crippen LogP contribution in [0.3, 0.4) is 0 Å². The molecule has 1 aromatic carbocycles. The topological polar surface area (TPSA) is 125 Å². The summed E-state index contributed by atoms with van der Waals surface area (Å²) in [5.74, 6) is -1.68. The lowest BCUT2D eigenvalue weighted by Gasteiger charge is -2.34. The van der Waals surface area contributed by atoms with Gasteiger partial charge in [0.05, 0.1) is 6.42 Å². The average molecular weight is 427 g/mol. The molecular formula is C22H25N3O6. The van der Waals surface area contributed by atoms with Gasteiger partial charge >= 0.3 is 5.97 Å².